The summed E-state index contributed by atoms with van der Waals surface area (Å²) in [4.78, 5) is 14.4. The van der Waals surface area contributed by atoms with Crippen molar-refractivity contribution in [2.75, 3.05) is 0 Å². The fourth-order valence-corrected chi connectivity index (χ4v) is 1.35. The highest BCUT2D eigenvalue weighted by atomic mass is 16.5. The monoisotopic (exact) mass is 260 g/mol. The summed E-state index contributed by atoms with van der Waals surface area (Å²) in [5.41, 5.74) is 1.27. The largest absolute Gasteiger partial charge is 0.486 e. The fourth-order valence-electron chi connectivity index (χ4n) is 1.35. The number of carbonyl (C=O) groups is 1. The van der Waals surface area contributed by atoms with Crippen LogP contribution in [0.2, 0.25) is 0 Å². The van der Waals surface area contributed by atoms with E-state index in [4.69, 9.17) is 9.84 Å². The summed E-state index contributed by atoms with van der Waals surface area (Å²) >= 11 is 0. The first-order valence-electron chi connectivity index (χ1n) is 5.48. The normalized spacial score (nSPS) is 10.8. The van der Waals surface area contributed by atoms with Gasteiger partial charge in [0.2, 0.25) is 0 Å². The van der Waals surface area contributed by atoms with Crippen molar-refractivity contribution in [1.29, 1.82) is 0 Å². The highest BCUT2D eigenvalue weighted by molar-refractivity contribution is 5.84. The van der Waals surface area contributed by atoms with Gasteiger partial charge in [0.25, 0.3) is 0 Å². The van der Waals surface area contributed by atoms with Crippen LogP contribution in [0.3, 0.4) is 0 Å². The quantitative estimate of drug-likeness (QED) is 0.803. The number of aliphatic carboxylic acids is 1. The third kappa shape index (κ3) is 3.91. The SMILES string of the molecule is Cn1cc(COc2ccc(/C=C/C(=O)O)nc2)nn1. The molecule has 0 saturated carbocycles. The van der Waals surface area contributed by atoms with Crippen LogP contribution >= 0.6 is 0 Å². The highest BCUT2D eigenvalue weighted by Gasteiger charge is 2.00. The van der Waals surface area contributed by atoms with E-state index in [1.165, 1.54) is 12.3 Å². The molecular weight excluding hydrogens is 248 g/mol. The predicted octanol–water partition coefficient (Wildman–Crippen LogP) is 0.887. The van der Waals surface area contributed by atoms with Crippen molar-refractivity contribution in [3.63, 3.8) is 0 Å². The summed E-state index contributed by atoms with van der Waals surface area (Å²) in [5.74, 6) is -0.428. The van der Waals surface area contributed by atoms with E-state index in [1.54, 1.807) is 30.1 Å². The van der Waals surface area contributed by atoms with Gasteiger partial charge in [0.15, 0.2) is 0 Å². The Morgan fingerprint density at radius 1 is 1.53 bits per heavy atom. The maximum atomic E-state index is 10.3. The van der Waals surface area contributed by atoms with Gasteiger partial charge in [-0.05, 0) is 18.2 Å². The van der Waals surface area contributed by atoms with Gasteiger partial charge in [0.05, 0.1) is 18.1 Å². The van der Waals surface area contributed by atoms with Crippen LogP contribution in [0.5, 0.6) is 5.75 Å². The number of aryl methyl sites for hydroxylation is 1. The van der Waals surface area contributed by atoms with Crippen LogP contribution in [0.15, 0.2) is 30.6 Å². The average molecular weight is 260 g/mol. The Morgan fingerprint density at radius 2 is 2.37 bits per heavy atom. The molecule has 0 aromatic carbocycles. The van der Waals surface area contributed by atoms with E-state index < -0.39 is 5.97 Å². The molecule has 2 aromatic rings. The van der Waals surface area contributed by atoms with Crippen LogP contribution in [-0.2, 0) is 18.4 Å². The molecule has 2 aromatic heterocycles. The molecule has 0 saturated heterocycles. The van der Waals surface area contributed by atoms with Crippen LogP contribution in [0.4, 0.5) is 0 Å². The summed E-state index contributed by atoms with van der Waals surface area (Å²) in [5, 5.41) is 16.2. The number of carboxylic acids is 1. The Hall–Kier alpha value is -2.70. The molecule has 0 radical (unpaired) electrons. The second-order valence-corrected chi connectivity index (χ2v) is 3.76. The molecule has 1 N–H and O–H groups in total. The van der Waals surface area contributed by atoms with Crippen LogP contribution < -0.4 is 4.74 Å². The molecule has 7 nitrogen and oxygen atoms in total. The van der Waals surface area contributed by atoms with Crippen molar-refractivity contribution in [2.24, 2.45) is 7.05 Å². The standard InChI is InChI=1S/C12H12N4O3/c1-16-7-10(14-15-16)8-19-11-4-2-9(13-6-11)3-5-12(17)18/h2-7H,8H2,1H3,(H,17,18)/b5-3+. The van der Waals surface area contributed by atoms with E-state index in [0.717, 1.165) is 11.8 Å². The zero-order chi connectivity index (χ0) is 13.7. The maximum absolute atomic E-state index is 10.3. The first-order valence-corrected chi connectivity index (χ1v) is 5.48. The topological polar surface area (TPSA) is 90.1 Å². The summed E-state index contributed by atoms with van der Waals surface area (Å²) in [7, 11) is 1.78. The van der Waals surface area contributed by atoms with Crippen molar-refractivity contribution in [2.45, 2.75) is 6.61 Å². The van der Waals surface area contributed by atoms with Crippen molar-refractivity contribution in [3.05, 3.63) is 42.0 Å². The molecule has 0 bridgehead atoms. The van der Waals surface area contributed by atoms with Gasteiger partial charge in [0.1, 0.15) is 18.1 Å². The van der Waals surface area contributed by atoms with Crippen LogP contribution in [0.1, 0.15) is 11.4 Å². The first kappa shape index (κ1) is 12.7. The fraction of sp³-hybridized carbons (Fsp3) is 0.167. The van der Waals surface area contributed by atoms with E-state index in [1.807, 2.05) is 0 Å². The Balaban J connectivity index is 1.93. The summed E-state index contributed by atoms with van der Waals surface area (Å²) in [6.45, 7) is 0.305. The van der Waals surface area contributed by atoms with Crippen LogP contribution in [0.25, 0.3) is 6.08 Å². The van der Waals surface area contributed by atoms with Gasteiger partial charge in [-0.15, -0.1) is 5.10 Å². The third-order valence-electron chi connectivity index (χ3n) is 2.19. The van der Waals surface area contributed by atoms with E-state index in [2.05, 4.69) is 15.3 Å². The highest BCUT2D eigenvalue weighted by Crippen LogP contribution is 2.11. The molecule has 98 valence electrons. The first-order chi connectivity index (χ1) is 9.13. The third-order valence-corrected chi connectivity index (χ3v) is 2.19. The molecule has 19 heavy (non-hydrogen) atoms. The summed E-state index contributed by atoms with van der Waals surface area (Å²) < 4.78 is 7.06. The number of aromatic nitrogens is 4. The number of pyridine rings is 1. The van der Waals surface area contributed by atoms with E-state index in [9.17, 15) is 4.79 Å². The Kier molecular flexibility index (Phi) is 3.87. The lowest BCUT2D eigenvalue weighted by Gasteiger charge is -2.03. The van der Waals surface area contributed by atoms with Gasteiger partial charge in [-0.1, -0.05) is 5.21 Å². The Morgan fingerprint density at radius 3 is 2.95 bits per heavy atom. The number of ether oxygens (including phenoxy) is 1. The van der Waals surface area contributed by atoms with Crippen molar-refractivity contribution < 1.29 is 14.6 Å². The number of nitrogens with zero attached hydrogens (tertiary/aromatic N) is 4. The molecule has 0 amide bonds. The number of hydrogen-bond donors (Lipinski definition) is 1. The summed E-state index contributed by atoms with van der Waals surface area (Å²) in [6, 6.07) is 3.39. The summed E-state index contributed by atoms with van der Waals surface area (Å²) in [6.07, 6.45) is 5.73. The Bertz CT molecular complexity index is 589. The number of hydrogen-bond acceptors (Lipinski definition) is 5. The lowest BCUT2D eigenvalue weighted by atomic mass is 10.3. The molecule has 2 rings (SSSR count). The molecule has 0 unspecified atom stereocenters. The molecule has 0 atom stereocenters. The molecular formula is C12H12N4O3. The van der Waals surface area contributed by atoms with Gasteiger partial charge in [0, 0.05) is 13.1 Å². The van der Waals surface area contributed by atoms with Crippen molar-refractivity contribution in [3.8, 4) is 5.75 Å². The Labute approximate surface area is 109 Å². The maximum Gasteiger partial charge on any atom is 0.328 e. The molecule has 0 aliphatic carbocycles. The lowest BCUT2D eigenvalue weighted by molar-refractivity contribution is -0.131. The van der Waals surface area contributed by atoms with E-state index >= 15 is 0 Å². The molecule has 0 aliphatic heterocycles. The minimum Gasteiger partial charge on any atom is -0.486 e. The zero-order valence-corrected chi connectivity index (χ0v) is 10.2. The molecule has 7 heteroatoms. The molecule has 0 aliphatic rings. The molecule has 0 fully saturated rings. The average Bonchev–Trinajstić information content (AvgIpc) is 2.81. The van der Waals surface area contributed by atoms with E-state index in [0.29, 0.717) is 18.1 Å². The van der Waals surface area contributed by atoms with Gasteiger partial charge in [-0.3, -0.25) is 9.67 Å². The van der Waals surface area contributed by atoms with Gasteiger partial charge in [-0.2, -0.15) is 0 Å². The van der Waals surface area contributed by atoms with E-state index in [-0.39, 0.29) is 0 Å². The van der Waals surface area contributed by atoms with Crippen LogP contribution in [-0.4, -0.2) is 31.1 Å². The van der Waals surface area contributed by atoms with Crippen molar-refractivity contribution in [1.82, 2.24) is 20.0 Å². The van der Waals surface area contributed by atoms with Crippen molar-refractivity contribution >= 4 is 12.0 Å². The number of carboxylic acid groups (broad SMARTS) is 1. The number of rotatable bonds is 5. The van der Waals surface area contributed by atoms with Crippen LogP contribution in [0, 0.1) is 0 Å². The van der Waals surface area contributed by atoms with Gasteiger partial charge in [-0.25, -0.2) is 4.79 Å². The molecule has 0 spiro atoms. The second-order valence-electron chi connectivity index (χ2n) is 3.76. The predicted molar refractivity (Wildman–Crippen MR) is 66.2 cm³/mol. The molecule has 2 heterocycles. The smallest absolute Gasteiger partial charge is 0.328 e. The minimum absolute atomic E-state index is 0.305. The zero-order valence-electron chi connectivity index (χ0n) is 10.2. The van der Waals surface area contributed by atoms with Gasteiger partial charge >= 0.3 is 5.97 Å². The van der Waals surface area contributed by atoms with Gasteiger partial charge < -0.3 is 9.84 Å². The second kappa shape index (κ2) is 5.76. The lowest BCUT2D eigenvalue weighted by Crippen LogP contribution is -1.96. The minimum atomic E-state index is -1.01.